The first-order chi connectivity index (χ1) is 10.9. The van der Waals surface area contributed by atoms with Crippen molar-refractivity contribution in [2.75, 3.05) is 23.4 Å². The van der Waals surface area contributed by atoms with Crippen molar-refractivity contribution in [1.29, 1.82) is 5.26 Å². The first kappa shape index (κ1) is 17.0. The monoisotopic (exact) mass is 338 g/mol. The van der Waals surface area contributed by atoms with Gasteiger partial charge < -0.3 is 10.1 Å². The summed E-state index contributed by atoms with van der Waals surface area (Å²) in [4.78, 5) is 11.6. The lowest BCUT2D eigenvalue weighted by atomic mass is 10.3. The number of nitriles is 1. The van der Waals surface area contributed by atoms with E-state index in [1.54, 1.807) is 30.7 Å². The standard InChI is InChI=1S/C14H18N4O4S/c1-3-22-14(19)11(7-15)8-16-13-6-10(2)17-18(13)12-4-5-23(20,21)9-12/h6,8,12,16H,3-5,9H2,1-2H3/b11-8+/t12-/m1/s1. The van der Waals surface area contributed by atoms with Gasteiger partial charge in [-0.2, -0.15) is 10.4 Å². The Morgan fingerprint density at radius 2 is 2.39 bits per heavy atom. The van der Waals surface area contributed by atoms with E-state index in [0.29, 0.717) is 17.9 Å². The van der Waals surface area contributed by atoms with Crippen LogP contribution in [0.5, 0.6) is 0 Å². The molecular formula is C14H18N4O4S. The first-order valence-electron chi connectivity index (χ1n) is 7.16. The van der Waals surface area contributed by atoms with Crippen LogP contribution in [-0.4, -0.2) is 42.3 Å². The second-order valence-corrected chi connectivity index (χ2v) is 7.44. The van der Waals surface area contributed by atoms with Gasteiger partial charge in [0.1, 0.15) is 11.9 Å². The molecule has 2 heterocycles. The summed E-state index contributed by atoms with van der Waals surface area (Å²) in [5.41, 5.74) is 0.538. The molecule has 0 amide bonds. The van der Waals surface area contributed by atoms with Crippen molar-refractivity contribution in [2.45, 2.75) is 26.3 Å². The van der Waals surface area contributed by atoms with Gasteiger partial charge in [0.05, 0.1) is 29.8 Å². The Balaban J connectivity index is 2.21. The fourth-order valence-corrected chi connectivity index (χ4v) is 4.05. The highest BCUT2D eigenvalue weighted by Crippen LogP contribution is 2.27. The summed E-state index contributed by atoms with van der Waals surface area (Å²) in [6.07, 6.45) is 1.74. The average Bonchev–Trinajstić information content (AvgIpc) is 3.02. The Hall–Kier alpha value is -2.34. The van der Waals surface area contributed by atoms with Crippen molar-refractivity contribution in [3.63, 3.8) is 0 Å². The average molecular weight is 338 g/mol. The van der Waals surface area contributed by atoms with Crippen LogP contribution in [-0.2, 0) is 19.4 Å². The van der Waals surface area contributed by atoms with Gasteiger partial charge in [0, 0.05) is 12.3 Å². The minimum atomic E-state index is -3.04. The molecule has 0 aliphatic carbocycles. The number of aromatic nitrogens is 2. The molecule has 23 heavy (non-hydrogen) atoms. The second kappa shape index (κ2) is 6.83. The molecule has 0 radical (unpaired) electrons. The molecule has 1 aliphatic heterocycles. The Kier molecular flexibility index (Phi) is 5.05. The lowest BCUT2D eigenvalue weighted by molar-refractivity contribution is -0.138. The van der Waals surface area contributed by atoms with E-state index < -0.39 is 15.8 Å². The maximum Gasteiger partial charge on any atom is 0.350 e. The van der Waals surface area contributed by atoms with Gasteiger partial charge in [-0.15, -0.1) is 0 Å². The van der Waals surface area contributed by atoms with E-state index in [1.807, 2.05) is 0 Å². The fraction of sp³-hybridized carbons (Fsp3) is 0.500. The maximum atomic E-state index is 11.6. The Morgan fingerprint density at radius 3 is 2.96 bits per heavy atom. The number of nitrogens with one attached hydrogen (secondary N) is 1. The molecule has 1 aromatic rings. The highest BCUT2D eigenvalue weighted by molar-refractivity contribution is 7.91. The molecule has 0 saturated carbocycles. The summed E-state index contributed by atoms with van der Waals surface area (Å²) < 4.78 is 29.6. The summed E-state index contributed by atoms with van der Waals surface area (Å²) in [6, 6.07) is 3.24. The zero-order valence-corrected chi connectivity index (χ0v) is 13.8. The van der Waals surface area contributed by atoms with Crippen LogP contribution in [0.4, 0.5) is 5.82 Å². The van der Waals surface area contributed by atoms with E-state index in [2.05, 4.69) is 10.4 Å². The predicted molar refractivity (Wildman–Crippen MR) is 83.2 cm³/mol. The van der Waals surface area contributed by atoms with Crippen LogP contribution in [0.25, 0.3) is 0 Å². The predicted octanol–water partition coefficient (Wildman–Crippen LogP) is 0.934. The molecule has 0 aromatic carbocycles. The number of nitrogens with zero attached hydrogens (tertiary/aromatic N) is 3. The molecule has 8 nitrogen and oxygen atoms in total. The second-order valence-electron chi connectivity index (χ2n) is 5.21. The number of hydrogen-bond acceptors (Lipinski definition) is 7. The Labute approximate surface area is 134 Å². The highest BCUT2D eigenvalue weighted by atomic mass is 32.2. The molecule has 1 aromatic heterocycles. The third-order valence-electron chi connectivity index (χ3n) is 3.39. The van der Waals surface area contributed by atoms with Crippen molar-refractivity contribution in [1.82, 2.24) is 9.78 Å². The van der Waals surface area contributed by atoms with Crippen molar-refractivity contribution in [3.05, 3.63) is 23.5 Å². The minimum Gasteiger partial charge on any atom is -0.462 e. The van der Waals surface area contributed by atoms with E-state index >= 15 is 0 Å². The van der Waals surface area contributed by atoms with Crippen LogP contribution in [0, 0.1) is 18.3 Å². The number of carbonyl (C=O) groups excluding carboxylic acids is 1. The Bertz CT molecular complexity index is 773. The van der Waals surface area contributed by atoms with E-state index in [4.69, 9.17) is 10.00 Å². The summed E-state index contributed by atoms with van der Waals surface area (Å²) in [6.45, 7) is 3.61. The largest absolute Gasteiger partial charge is 0.462 e. The number of esters is 1. The SMILES string of the molecule is CCOC(=O)/C(C#N)=C/Nc1cc(C)nn1[C@@H]1CCS(=O)(=O)C1. The quantitative estimate of drug-likeness (QED) is 0.482. The van der Waals surface area contributed by atoms with Gasteiger partial charge in [-0.25, -0.2) is 17.9 Å². The van der Waals surface area contributed by atoms with Crippen LogP contribution >= 0.6 is 0 Å². The first-order valence-corrected chi connectivity index (χ1v) is 8.99. The highest BCUT2D eigenvalue weighted by Gasteiger charge is 2.31. The fourth-order valence-electron chi connectivity index (χ4n) is 2.36. The van der Waals surface area contributed by atoms with Crippen molar-refractivity contribution in [3.8, 4) is 6.07 Å². The lowest BCUT2D eigenvalue weighted by Gasteiger charge is -2.12. The summed E-state index contributed by atoms with van der Waals surface area (Å²) in [5.74, 6) is -0.0106. The number of aryl methyl sites for hydroxylation is 1. The van der Waals surface area contributed by atoms with Gasteiger partial charge in [0.25, 0.3) is 0 Å². The number of carbonyl (C=O) groups is 1. The number of sulfone groups is 1. The van der Waals surface area contributed by atoms with Crippen LogP contribution in [0.15, 0.2) is 17.8 Å². The summed E-state index contributed by atoms with van der Waals surface area (Å²) >= 11 is 0. The number of hydrogen-bond donors (Lipinski definition) is 1. The van der Waals surface area contributed by atoms with Gasteiger partial charge >= 0.3 is 5.97 Å². The molecule has 1 atom stereocenters. The van der Waals surface area contributed by atoms with Gasteiger partial charge in [0.15, 0.2) is 15.4 Å². The summed E-state index contributed by atoms with van der Waals surface area (Å²) in [7, 11) is -3.04. The van der Waals surface area contributed by atoms with E-state index in [-0.39, 0.29) is 29.7 Å². The van der Waals surface area contributed by atoms with Crippen LogP contribution in [0.3, 0.4) is 0 Å². The number of ether oxygens (including phenoxy) is 1. The van der Waals surface area contributed by atoms with Crippen molar-refractivity contribution < 1.29 is 17.9 Å². The van der Waals surface area contributed by atoms with Crippen molar-refractivity contribution in [2.24, 2.45) is 0 Å². The molecule has 1 N–H and O–H groups in total. The van der Waals surface area contributed by atoms with E-state index in [1.165, 1.54) is 6.20 Å². The molecular weight excluding hydrogens is 320 g/mol. The molecule has 1 fully saturated rings. The number of anilines is 1. The van der Waals surface area contributed by atoms with Crippen LogP contribution in [0.2, 0.25) is 0 Å². The third kappa shape index (κ3) is 4.10. The zero-order chi connectivity index (χ0) is 17.0. The third-order valence-corrected chi connectivity index (χ3v) is 5.14. The smallest absolute Gasteiger partial charge is 0.350 e. The topological polar surface area (TPSA) is 114 Å². The molecule has 1 aliphatic rings. The van der Waals surface area contributed by atoms with Crippen LogP contribution in [0.1, 0.15) is 25.1 Å². The maximum absolute atomic E-state index is 11.6. The molecule has 124 valence electrons. The van der Waals surface area contributed by atoms with Gasteiger partial charge in [-0.3, -0.25) is 0 Å². The van der Waals surface area contributed by atoms with Gasteiger partial charge in [-0.05, 0) is 20.3 Å². The Morgan fingerprint density at radius 1 is 1.65 bits per heavy atom. The molecule has 2 rings (SSSR count). The van der Waals surface area contributed by atoms with Gasteiger partial charge in [0.2, 0.25) is 0 Å². The van der Waals surface area contributed by atoms with Gasteiger partial charge in [-0.1, -0.05) is 0 Å². The molecule has 9 heteroatoms. The molecule has 1 saturated heterocycles. The molecule has 0 unspecified atom stereocenters. The van der Waals surface area contributed by atoms with Crippen molar-refractivity contribution >= 4 is 21.6 Å². The summed E-state index contributed by atoms with van der Waals surface area (Å²) in [5, 5.41) is 16.1. The van der Waals surface area contributed by atoms with Crippen LogP contribution < -0.4 is 5.32 Å². The normalized spacial score (nSPS) is 20.0. The molecule has 0 bridgehead atoms. The lowest BCUT2D eigenvalue weighted by Crippen LogP contribution is -2.15. The minimum absolute atomic E-state index is 0.0372. The zero-order valence-electron chi connectivity index (χ0n) is 12.9. The van der Waals surface area contributed by atoms with E-state index in [0.717, 1.165) is 0 Å². The van der Waals surface area contributed by atoms with E-state index in [9.17, 15) is 13.2 Å². The molecule has 0 spiro atoms. The number of rotatable bonds is 5.